The Morgan fingerprint density at radius 1 is 1.36 bits per heavy atom. The molecule has 22 heavy (non-hydrogen) atoms. The minimum atomic E-state index is -0.0959. The van der Waals surface area contributed by atoms with E-state index in [1.54, 1.807) is 4.90 Å². The molecule has 1 N–H and O–H groups in total. The Hall–Kier alpha value is -1.40. The molecule has 1 fully saturated rings. The van der Waals surface area contributed by atoms with Crippen LogP contribution in [0, 0.1) is 0 Å². The Balaban J connectivity index is 1.91. The molecule has 0 aromatic heterocycles. The van der Waals surface area contributed by atoms with Gasteiger partial charge in [-0.2, -0.15) is 0 Å². The van der Waals surface area contributed by atoms with Gasteiger partial charge in [0.15, 0.2) is 0 Å². The van der Waals surface area contributed by atoms with E-state index in [0.29, 0.717) is 10.9 Å². The Kier molecular flexibility index (Phi) is 5.97. The molecule has 2 rings (SSSR count). The Morgan fingerprint density at radius 2 is 2.09 bits per heavy atom. The highest BCUT2D eigenvalue weighted by Crippen LogP contribution is 2.29. The van der Waals surface area contributed by atoms with Crippen LogP contribution in [-0.4, -0.2) is 32.8 Å². The standard InChI is InChI=1S/C16H20N2O2S2/c1-3-11-7-5-6-8-12(11)17-14(19)9-10-18-15(20)13(4-2)22-16(18)21/h5-8,13H,3-4,9-10H2,1-2H3,(H,17,19). The van der Waals surface area contributed by atoms with E-state index in [9.17, 15) is 9.59 Å². The van der Waals surface area contributed by atoms with Gasteiger partial charge < -0.3 is 5.32 Å². The summed E-state index contributed by atoms with van der Waals surface area (Å²) in [5.41, 5.74) is 1.94. The molecule has 1 aliphatic heterocycles. The van der Waals surface area contributed by atoms with Crippen LogP contribution in [0.15, 0.2) is 24.3 Å². The molecular formula is C16H20N2O2S2. The fraction of sp³-hybridized carbons (Fsp3) is 0.438. The number of nitrogens with zero attached hydrogens (tertiary/aromatic N) is 1. The van der Waals surface area contributed by atoms with Gasteiger partial charge >= 0.3 is 0 Å². The summed E-state index contributed by atoms with van der Waals surface area (Å²) in [6.07, 6.45) is 1.87. The van der Waals surface area contributed by atoms with Crippen molar-refractivity contribution in [1.29, 1.82) is 0 Å². The number of rotatable bonds is 6. The third-order valence-electron chi connectivity index (χ3n) is 3.61. The van der Waals surface area contributed by atoms with Crippen molar-refractivity contribution in [1.82, 2.24) is 4.90 Å². The van der Waals surface area contributed by atoms with Gasteiger partial charge in [0.25, 0.3) is 0 Å². The van der Waals surface area contributed by atoms with Crippen molar-refractivity contribution in [3.05, 3.63) is 29.8 Å². The molecule has 1 aromatic rings. The van der Waals surface area contributed by atoms with Gasteiger partial charge in [-0.25, -0.2) is 0 Å². The number of carbonyl (C=O) groups excluding carboxylic acids is 2. The number of carbonyl (C=O) groups is 2. The van der Waals surface area contributed by atoms with E-state index in [1.807, 2.05) is 31.2 Å². The second-order valence-corrected chi connectivity index (χ2v) is 6.92. The van der Waals surface area contributed by atoms with Crippen molar-refractivity contribution in [2.24, 2.45) is 0 Å². The van der Waals surface area contributed by atoms with Gasteiger partial charge in [0, 0.05) is 18.7 Å². The second kappa shape index (κ2) is 7.74. The van der Waals surface area contributed by atoms with E-state index in [0.717, 1.165) is 24.1 Å². The van der Waals surface area contributed by atoms with E-state index in [2.05, 4.69) is 12.2 Å². The topological polar surface area (TPSA) is 49.4 Å². The highest BCUT2D eigenvalue weighted by Gasteiger charge is 2.35. The summed E-state index contributed by atoms with van der Waals surface area (Å²) >= 11 is 6.64. The first-order chi connectivity index (χ1) is 10.6. The van der Waals surface area contributed by atoms with Crippen molar-refractivity contribution < 1.29 is 9.59 Å². The maximum atomic E-state index is 12.1. The summed E-state index contributed by atoms with van der Waals surface area (Å²) in [5.74, 6) is -0.0688. The van der Waals surface area contributed by atoms with Crippen LogP contribution in [0.4, 0.5) is 5.69 Å². The molecule has 0 bridgehead atoms. The molecular weight excluding hydrogens is 316 g/mol. The summed E-state index contributed by atoms with van der Waals surface area (Å²) in [7, 11) is 0. The lowest BCUT2D eigenvalue weighted by molar-refractivity contribution is -0.126. The molecule has 1 heterocycles. The zero-order valence-electron chi connectivity index (χ0n) is 12.8. The maximum absolute atomic E-state index is 12.1. The van der Waals surface area contributed by atoms with Gasteiger partial charge in [-0.05, 0) is 24.5 Å². The largest absolute Gasteiger partial charge is 0.326 e. The van der Waals surface area contributed by atoms with Crippen molar-refractivity contribution in [3.8, 4) is 0 Å². The lowest BCUT2D eigenvalue weighted by Gasteiger charge is -2.15. The monoisotopic (exact) mass is 336 g/mol. The van der Waals surface area contributed by atoms with Crippen LogP contribution in [0.2, 0.25) is 0 Å². The first-order valence-electron chi connectivity index (χ1n) is 7.46. The predicted molar refractivity (Wildman–Crippen MR) is 95.0 cm³/mol. The smallest absolute Gasteiger partial charge is 0.241 e. The van der Waals surface area contributed by atoms with Crippen LogP contribution >= 0.6 is 24.0 Å². The van der Waals surface area contributed by atoms with Crippen molar-refractivity contribution in [3.63, 3.8) is 0 Å². The zero-order chi connectivity index (χ0) is 16.1. The molecule has 4 nitrogen and oxygen atoms in total. The quantitative estimate of drug-likeness (QED) is 0.811. The van der Waals surface area contributed by atoms with E-state index >= 15 is 0 Å². The van der Waals surface area contributed by atoms with Crippen molar-refractivity contribution in [2.45, 2.75) is 38.4 Å². The Morgan fingerprint density at radius 3 is 2.73 bits per heavy atom. The van der Waals surface area contributed by atoms with Gasteiger partial charge in [0.2, 0.25) is 11.8 Å². The first-order valence-corrected chi connectivity index (χ1v) is 8.75. The second-order valence-electron chi connectivity index (χ2n) is 5.08. The summed E-state index contributed by atoms with van der Waals surface area (Å²) < 4.78 is 0.582. The average molecular weight is 336 g/mol. The molecule has 0 spiro atoms. The van der Waals surface area contributed by atoms with E-state index in [-0.39, 0.29) is 23.5 Å². The lowest BCUT2D eigenvalue weighted by Crippen LogP contribution is -2.34. The fourth-order valence-corrected chi connectivity index (χ4v) is 3.81. The Bertz CT molecular complexity index is 589. The maximum Gasteiger partial charge on any atom is 0.241 e. The number of benzene rings is 1. The van der Waals surface area contributed by atoms with Gasteiger partial charge in [0.1, 0.15) is 4.32 Å². The third-order valence-corrected chi connectivity index (χ3v) is 5.36. The molecule has 2 amide bonds. The molecule has 0 radical (unpaired) electrons. The molecule has 0 saturated carbocycles. The number of amides is 2. The molecule has 1 atom stereocenters. The number of para-hydroxylation sites is 1. The number of nitrogens with one attached hydrogen (secondary N) is 1. The number of aryl methyl sites for hydroxylation is 1. The molecule has 0 aliphatic carbocycles. The zero-order valence-corrected chi connectivity index (χ0v) is 14.4. The molecule has 1 saturated heterocycles. The predicted octanol–water partition coefficient (Wildman–Crippen LogP) is 3.22. The summed E-state index contributed by atoms with van der Waals surface area (Å²) in [4.78, 5) is 25.8. The minimum Gasteiger partial charge on any atom is -0.326 e. The fourth-order valence-electron chi connectivity index (χ4n) is 2.34. The van der Waals surface area contributed by atoms with Crippen molar-refractivity contribution in [2.75, 3.05) is 11.9 Å². The van der Waals surface area contributed by atoms with E-state index in [1.165, 1.54) is 11.8 Å². The SMILES string of the molecule is CCc1ccccc1NC(=O)CCN1C(=O)C(CC)SC1=S. The molecule has 1 aromatic carbocycles. The van der Waals surface area contributed by atoms with Gasteiger partial charge in [-0.3, -0.25) is 14.5 Å². The molecule has 1 aliphatic rings. The van der Waals surface area contributed by atoms with Gasteiger partial charge in [0.05, 0.1) is 5.25 Å². The summed E-state index contributed by atoms with van der Waals surface area (Å²) in [6, 6.07) is 7.75. The van der Waals surface area contributed by atoms with E-state index < -0.39 is 0 Å². The number of anilines is 1. The van der Waals surface area contributed by atoms with E-state index in [4.69, 9.17) is 12.2 Å². The van der Waals surface area contributed by atoms with Gasteiger partial charge in [-0.1, -0.05) is 56.0 Å². The molecule has 1 unspecified atom stereocenters. The molecule has 118 valence electrons. The normalized spacial score (nSPS) is 17.9. The minimum absolute atomic E-state index is 0.0271. The summed E-state index contributed by atoms with van der Waals surface area (Å²) in [5, 5.41) is 2.83. The Labute approximate surface area is 140 Å². The van der Waals surface area contributed by atoms with Crippen LogP contribution in [-0.2, 0) is 16.0 Å². The van der Waals surface area contributed by atoms with Crippen LogP contribution < -0.4 is 5.32 Å². The molecule has 6 heteroatoms. The van der Waals surface area contributed by atoms with Crippen LogP contribution in [0.3, 0.4) is 0 Å². The highest BCUT2D eigenvalue weighted by atomic mass is 32.2. The third kappa shape index (κ3) is 3.87. The van der Waals surface area contributed by atoms with Crippen LogP contribution in [0.5, 0.6) is 0 Å². The highest BCUT2D eigenvalue weighted by molar-refractivity contribution is 8.24. The first kappa shape index (κ1) is 17.0. The van der Waals surface area contributed by atoms with Gasteiger partial charge in [-0.15, -0.1) is 0 Å². The lowest BCUT2D eigenvalue weighted by atomic mass is 10.1. The van der Waals surface area contributed by atoms with Crippen LogP contribution in [0.25, 0.3) is 0 Å². The number of hydrogen-bond acceptors (Lipinski definition) is 4. The number of hydrogen-bond donors (Lipinski definition) is 1. The number of thioether (sulfide) groups is 1. The van der Waals surface area contributed by atoms with Crippen LogP contribution in [0.1, 0.15) is 32.3 Å². The average Bonchev–Trinajstić information content (AvgIpc) is 2.80. The van der Waals surface area contributed by atoms with Crippen molar-refractivity contribution >= 4 is 45.8 Å². The summed E-state index contributed by atoms with van der Waals surface area (Å²) in [6.45, 7) is 4.37. The number of thiocarbonyl (C=S) groups is 1.